The van der Waals surface area contributed by atoms with Gasteiger partial charge in [0.2, 0.25) is 0 Å². The van der Waals surface area contributed by atoms with Crippen molar-refractivity contribution in [2.75, 3.05) is 0 Å². The van der Waals surface area contributed by atoms with Gasteiger partial charge in [0.15, 0.2) is 11.5 Å². The van der Waals surface area contributed by atoms with Crippen molar-refractivity contribution >= 4 is 28.6 Å². The van der Waals surface area contributed by atoms with Crippen LogP contribution in [0.25, 0.3) is 22.6 Å². The summed E-state index contributed by atoms with van der Waals surface area (Å²) in [5.41, 5.74) is 2.65. The lowest BCUT2D eigenvalue weighted by Gasteiger charge is -2.09. The quantitative estimate of drug-likeness (QED) is 0.453. The van der Waals surface area contributed by atoms with Crippen molar-refractivity contribution in [2.24, 2.45) is 0 Å². The minimum absolute atomic E-state index is 0.120. The van der Waals surface area contributed by atoms with Crippen LogP contribution in [0, 0.1) is 5.82 Å². The van der Waals surface area contributed by atoms with Gasteiger partial charge >= 0.3 is 5.97 Å². The zero-order chi connectivity index (χ0) is 21.5. The zero-order valence-corrected chi connectivity index (χ0v) is 17.1. The number of hydrogen-bond acceptors (Lipinski definition) is 5. The summed E-state index contributed by atoms with van der Waals surface area (Å²) in [4.78, 5) is 24.7. The highest BCUT2D eigenvalue weighted by atomic mass is 35.5. The van der Waals surface area contributed by atoms with Crippen LogP contribution in [0.5, 0.6) is 0 Å². The van der Waals surface area contributed by atoms with Crippen molar-refractivity contribution < 1.29 is 14.3 Å². The van der Waals surface area contributed by atoms with E-state index in [1.165, 1.54) is 6.07 Å². The lowest BCUT2D eigenvalue weighted by Crippen LogP contribution is -2.09. The number of aromatic nitrogens is 5. The van der Waals surface area contributed by atoms with Crippen LogP contribution in [0.2, 0.25) is 5.15 Å². The van der Waals surface area contributed by atoms with Gasteiger partial charge in [-0.3, -0.25) is 4.79 Å². The summed E-state index contributed by atoms with van der Waals surface area (Å²) < 4.78 is 15.8. The first-order valence-corrected chi connectivity index (χ1v) is 10.2. The van der Waals surface area contributed by atoms with Crippen molar-refractivity contribution in [3.8, 4) is 11.5 Å². The average molecular weight is 438 g/mol. The fourth-order valence-corrected chi connectivity index (χ4v) is 3.90. The highest BCUT2D eigenvalue weighted by molar-refractivity contribution is 6.30. The van der Waals surface area contributed by atoms with E-state index >= 15 is 0 Å². The molecule has 4 aromatic rings. The molecule has 0 aliphatic heterocycles. The third-order valence-corrected chi connectivity index (χ3v) is 5.59. The molecule has 1 saturated carbocycles. The minimum Gasteiger partial charge on any atom is -0.481 e. The number of hydrogen-bond donors (Lipinski definition) is 1. The number of rotatable bonds is 6. The maximum atomic E-state index is 14.2. The van der Waals surface area contributed by atoms with E-state index < -0.39 is 5.97 Å². The Balaban J connectivity index is 1.64. The van der Waals surface area contributed by atoms with Gasteiger partial charge in [0.1, 0.15) is 16.7 Å². The van der Waals surface area contributed by atoms with E-state index in [0.29, 0.717) is 39.4 Å². The van der Waals surface area contributed by atoms with Gasteiger partial charge in [-0.1, -0.05) is 29.8 Å². The number of aliphatic carboxylic acids is 1. The normalized spacial score (nSPS) is 13.6. The maximum absolute atomic E-state index is 14.2. The fourth-order valence-electron chi connectivity index (χ4n) is 3.66. The summed E-state index contributed by atoms with van der Waals surface area (Å²) in [7, 11) is 0. The summed E-state index contributed by atoms with van der Waals surface area (Å²) in [6, 6.07) is 10.1. The van der Waals surface area contributed by atoms with Gasteiger partial charge in [-0.2, -0.15) is 5.10 Å². The summed E-state index contributed by atoms with van der Waals surface area (Å²) >= 11 is 6.39. The number of carboxylic acids is 1. The third-order valence-electron chi connectivity index (χ3n) is 5.28. The Morgan fingerprint density at radius 2 is 2.00 bits per heavy atom. The molecule has 1 aliphatic carbocycles. The van der Waals surface area contributed by atoms with Crippen LogP contribution in [0.15, 0.2) is 42.6 Å². The average Bonchev–Trinajstić information content (AvgIpc) is 3.53. The summed E-state index contributed by atoms with van der Waals surface area (Å²) in [6.45, 7) is 0.195. The fraction of sp³-hybridized carbons (Fsp3) is 0.227. The van der Waals surface area contributed by atoms with Crippen LogP contribution in [0.3, 0.4) is 0 Å². The second-order valence-corrected chi connectivity index (χ2v) is 7.88. The molecule has 0 amide bonds. The molecule has 31 heavy (non-hydrogen) atoms. The molecule has 1 aliphatic rings. The molecular weight excluding hydrogens is 421 g/mol. The van der Waals surface area contributed by atoms with Gasteiger partial charge < -0.3 is 5.11 Å². The maximum Gasteiger partial charge on any atom is 0.308 e. The minimum atomic E-state index is -0.982. The van der Waals surface area contributed by atoms with Crippen molar-refractivity contribution in [3.63, 3.8) is 0 Å². The summed E-state index contributed by atoms with van der Waals surface area (Å²) in [6.07, 6.45) is 3.28. The molecule has 3 heterocycles. The number of carboxylic acid groups (broad SMARTS) is 1. The molecule has 1 fully saturated rings. The smallest absolute Gasteiger partial charge is 0.308 e. The highest BCUT2D eigenvalue weighted by Crippen LogP contribution is 2.43. The molecule has 1 N–H and O–H groups in total. The molecule has 156 valence electrons. The number of fused-ring (bicyclic) bond motifs is 1. The molecule has 9 heteroatoms. The molecule has 0 saturated heterocycles. The zero-order valence-electron chi connectivity index (χ0n) is 16.3. The van der Waals surface area contributed by atoms with Crippen LogP contribution in [-0.2, 0) is 17.8 Å². The molecule has 0 spiro atoms. The molecule has 5 rings (SSSR count). The van der Waals surface area contributed by atoms with Crippen LogP contribution >= 0.6 is 11.6 Å². The number of halogens is 2. The van der Waals surface area contributed by atoms with Gasteiger partial charge in [0.05, 0.1) is 24.0 Å². The monoisotopic (exact) mass is 437 g/mol. The second-order valence-electron chi connectivity index (χ2n) is 7.52. The molecule has 0 bridgehead atoms. The van der Waals surface area contributed by atoms with E-state index in [0.717, 1.165) is 12.8 Å². The number of pyridine rings is 1. The van der Waals surface area contributed by atoms with Gasteiger partial charge in [0.25, 0.3) is 0 Å². The first-order chi connectivity index (χ1) is 15.0. The lowest BCUT2D eigenvalue weighted by molar-refractivity contribution is -0.136. The molecule has 0 radical (unpaired) electrons. The van der Waals surface area contributed by atoms with Crippen molar-refractivity contribution in [3.05, 3.63) is 70.4 Å². The van der Waals surface area contributed by atoms with Crippen LogP contribution < -0.4 is 0 Å². The Labute approximate surface area is 181 Å². The van der Waals surface area contributed by atoms with Crippen molar-refractivity contribution in [1.82, 2.24) is 24.7 Å². The van der Waals surface area contributed by atoms with Gasteiger partial charge in [-0.05, 0) is 31.0 Å². The molecule has 3 aromatic heterocycles. The van der Waals surface area contributed by atoms with E-state index in [-0.39, 0.29) is 29.9 Å². The highest BCUT2D eigenvalue weighted by Gasteiger charge is 2.31. The van der Waals surface area contributed by atoms with Crippen LogP contribution in [0.4, 0.5) is 4.39 Å². The van der Waals surface area contributed by atoms with E-state index in [1.807, 2.05) is 6.07 Å². The van der Waals surface area contributed by atoms with Gasteiger partial charge in [0, 0.05) is 23.2 Å². The van der Waals surface area contributed by atoms with Crippen molar-refractivity contribution in [1.29, 1.82) is 0 Å². The lowest BCUT2D eigenvalue weighted by atomic mass is 10.1. The van der Waals surface area contributed by atoms with Gasteiger partial charge in [-0.25, -0.2) is 24.0 Å². The van der Waals surface area contributed by atoms with E-state index in [4.69, 9.17) is 11.6 Å². The molecule has 0 unspecified atom stereocenters. The van der Waals surface area contributed by atoms with E-state index in [2.05, 4.69) is 20.1 Å². The Morgan fingerprint density at radius 3 is 2.74 bits per heavy atom. The molecule has 1 aromatic carbocycles. The topological polar surface area (TPSA) is 93.8 Å². The first kappa shape index (κ1) is 19.6. The Bertz CT molecular complexity index is 1320. The molecule has 7 nitrogen and oxygen atoms in total. The number of benzene rings is 1. The summed E-state index contributed by atoms with van der Waals surface area (Å²) in [5.74, 6) is -0.814. The third kappa shape index (κ3) is 3.74. The van der Waals surface area contributed by atoms with Crippen molar-refractivity contribution in [2.45, 2.75) is 31.7 Å². The predicted molar refractivity (Wildman–Crippen MR) is 112 cm³/mol. The standard InChI is InChI=1S/C22H17ClFN5O2/c23-20-15(10-17(30)31)18(12-7-8-12)26-21(27-20)19-14-5-3-9-25-22(14)29(28-19)11-13-4-1-2-6-16(13)24/h1-6,9,12H,7-8,10-11H2,(H,30,31). The van der Waals surface area contributed by atoms with Crippen LogP contribution in [0.1, 0.15) is 35.6 Å². The number of carbonyl (C=O) groups is 1. The SMILES string of the molecule is O=C(O)Cc1c(Cl)nc(-c2nn(Cc3ccccc3F)c3ncccc23)nc1C1CC1. The van der Waals surface area contributed by atoms with E-state index in [1.54, 1.807) is 35.1 Å². The first-order valence-electron chi connectivity index (χ1n) is 9.84. The predicted octanol–water partition coefficient (Wildman–Crippen LogP) is 4.23. The van der Waals surface area contributed by atoms with E-state index in [9.17, 15) is 14.3 Å². The van der Waals surface area contributed by atoms with Gasteiger partial charge in [-0.15, -0.1) is 0 Å². The Hall–Kier alpha value is -3.39. The second kappa shape index (κ2) is 7.70. The Kier molecular flexibility index (Phi) is 4.86. The summed E-state index contributed by atoms with van der Waals surface area (Å²) in [5, 5.41) is 14.7. The largest absolute Gasteiger partial charge is 0.481 e. The van der Waals surface area contributed by atoms with Crippen LogP contribution in [-0.4, -0.2) is 35.8 Å². The molecular formula is C22H17ClFN5O2. The number of nitrogens with zero attached hydrogens (tertiary/aromatic N) is 5. The Morgan fingerprint density at radius 1 is 1.19 bits per heavy atom. The molecule has 0 atom stereocenters.